The highest BCUT2D eigenvalue weighted by Gasteiger charge is 2.29. The van der Waals surface area contributed by atoms with Gasteiger partial charge in [-0.3, -0.25) is 4.90 Å². The number of nitrogens with zero attached hydrogens (tertiary/aromatic N) is 1. The molecule has 0 radical (unpaired) electrons. The molecule has 1 fully saturated rings. The lowest BCUT2D eigenvalue weighted by atomic mass is 10.1. The highest BCUT2D eigenvalue weighted by Crippen LogP contribution is 2.22. The number of hydrogen-bond donors (Lipinski definition) is 2. The van der Waals surface area contributed by atoms with E-state index < -0.39 is 15.9 Å². The molecule has 2 atom stereocenters. The van der Waals surface area contributed by atoms with Crippen LogP contribution >= 0.6 is 0 Å². The molecule has 2 unspecified atom stereocenters. The molecular weight excluding hydrogens is 264 g/mol. The molecule has 0 aromatic heterocycles. The van der Waals surface area contributed by atoms with Crippen LogP contribution in [-0.4, -0.2) is 49.1 Å². The van der Waals surface area contributed by atoms with Crippen LogP contribution in [0.2, 0.25) is 0 Å². The van der Waals surface area contributed by atoms with Gasteiger partial charge in [0.25, 0.3) is 0 Å². The van der Waals surface area contributed by atoms with Crippen LogP contribution < -0.4 is 5.73 Å². The first-order valence-corrected chi connectivity index (χ1v) is 8.18. The minimum absolute atomic E-state index is 0.0710. The second-order valence-electron chi connectivity index (χ2n) is 5.10. The van der Waals surface area contributed by atoms with E-state index >= 15 is 0 Å². The lowest BCUT2D eigenvalue weighted by Gasteiger charge is -2.34. The largest absolute Gasteiger partial charge is 0.398 e. The Bertz CT molecular complexity index is 545. The second kappa shape index (κ2) is 5.48. The molecular formula is C13H20N2O3S. The first kappa shape index (κ1) is 14.3. The highest BCUT2D eigenvalue weighted by molar-refractivity contribution is 7.91. The van der Waals surface area contributed by atoms with Crippen LogP contribution in [-0.2, 0) is 9.84 Å². The van der Waals surface area contributed by atoms with E-state index in [2.05, 4.69) is 0 Å². The van der Waals surface area contributed by atoms with Crippen molar-refractivity contribution in [1.29, 1.82) is 0 Å². The van der Waals surface area contributed by atoms with E-state index in [0.29, 0.717) is 24.3 Å². The molecule has 0 bridgehead atoms. The third kappa shape index (κ3) is 3.46. The zero-order chi connectivity index (χ0) is 14.0. The summed E-state index contributed by atoms with van der Waals surface area (Å²) in [5.74, 6) is 0.318. The van der Waals surface area contributed by atoms with Crippen LogP contribution in [0.1, 0.15) is 18.6 Å². The standard InChI is InChI=1S/C13H20N2O3S/c1-10-9-19(17,18)7-6-15(10)8-13(16)11-4-2-3-5-12(11)14/h2-5,10,13,16H,6-9,14H2,1H3. The topological polar surface area (TPSA) is 83.6 Å². The van der Waals surface area contributed by atoms with E-state index in [4.69, 9.17) is 5.73 Å². The van der Waals surface area contributed by atoms with E-state index in [0.717, 1.165) is 0 Å². The van der Waals surface area contributed by atoms with Gasteiger partial charge in [0.05, 0.1) is 17.6 Å². The normalized spacial score (nSPS) is 25.1. The fourth-order valence-corrected chi connectivity index (χ4v) is 4.06. The Morgan fingerprint density at radius 3 is 2.79 bits per heavy atom. The summed E-state index contributed by atoms with van der Waals surface area (Å²) in [4.78, 5) is 2.00. The van der Waals surface area contributed by atoms with Crippen molar-refractivity contribution in [1.82, 2.24) is 4.90 Å². The average molecular weight is 284 g/mol. The van der Waals surface area contributed by atoms with Gasteiger partial charge in [0, 0.05) is 30.4 Å². The van der Waals surface area contributed by atoms with Crippen molar-refractivity contribution in [3.8, 4) is 0 Å². The number of para-hydroxylation sites is 1. The van der Waals surface area contributed by atoms with Gasteiger partial charge in [0.1, 0.15) is 0 Å². The number of benzene rings is 1. The Balaban J connectivity index is 2.04. The maximum atomic E-state index is 11.5. The summed E-state index contributed by atoms with van der Waals surface area (Å²) in [7, 11) is -2.92. The van der Waals surface area contributed by atoms with Crippen LogP contribution in [0.4, 0.5) is 5.69 Å². The first-order valence-electron chi connectivity index (χ1n) is 6.36. The van der Waals surface area contributed by atoms with Gasteiger partial charge in [-0.1, -0.05) is 18.2 Å². The number of aliphatic hydroxyl groups excluding tert-OH is 1. The van der Waals surface area contributed by atoms with Crippen molar-refractivity contribution < 1.29 is 13.5 Å². The Kier molecular flexibility index (Phi) is 4.13. The Morgan fingerprint density at radius 2 is 2.16 bits per heavy atom. The number of sulfone groups is 1. The van der Waals surface area contributed by atoms with Gasteiger partial charge in [0.2, 0.25) is 0 Å². The van der Waals surface area contributed by atoms with Gasteiger partial charge >= 0.3 is 0 Å². The second-order valence-corrected chi connectivity index (χ2v) is 7.33. The van der Waals surface area contributed by atoms with Crippen molar-refractivity contribution in [2.45, 2.75) is 19.1 Å². The predicted molar refractivity (Wildman–Crippen MR) is 75.5 cm³/mol. The molecule has 106 valence electrons. The van der Waals surface area contributed by atoms with Crippen LogP contribution in [0.25, 0.3) is 0 Å². The fraction of sp³-hybridized carbons (Fsp3) is 0.538. The summed E-state index contributed by atoms with van der Waals surface area (Å²) >= 11 is 0. The lowest BCUT2D eigenvalue weighted by molar-refractivity contribution is 0.0979. The highest BCUT2D eigenvalue weighted by atomic mass is 32.2. The molecule has 1 aliphatic heterocycles. The minimum atomic E-state index is -2.92. The van der Waals surface area contributed by atoms with Crippen LogP contribution in [0.5, 0.6) is 0 Å². The SMILES string of the molecule is CC1CS(=O)(=O)CCN1CC(O)c1ccccc1N. The molecule has 1 heterocycles. The molecule has 1 aromatic rings. The van der Waals surface area contributed by atoms with Crippen LogP contribution in [0.15, 0.2) is 24.3 Å². The fourth-order valence-electron chi connectivity index (χ4n) is 2.44. The molecule has 6 heteroatoms. The molecule has 2 rings (SSSR count). The van der Waals surface area contributed by atoms with Crippen LogP contribution in [0.3, 0.4) is 0 Å². The molecule has 5 nitrogen and oxygen atoms in total. The van der Waals surface area contributed by atoms with Crippen molar-refractivity contribution in [2.24, 2.45) is 0 Å². The van der Waals surface area contributed by atoms with Gasteiger partial charge in [-0.25, -0.2) is 8.42 Å². The summed E-state index contributed by atoms with van der Waals surface area (Å²) in [6.07, 6.45) is -0.690. The van der Waals surface area contributed by atoms with Gasteiger partial charge in [0.15, 0.2) is 9.84 Å². The van der Waals surface area contributed by atoms with Crippen molar-refractivity contribution >= 4 is 15.5 Å². The summed E-state index contributed by atoms with van der Waals surface area (Å²) in [5.41, 5.74) is 7.09. The molecule has 1 aromatic carbocycles. The molecule has 0 spiro atoms. The van der Waals surface area contributed by atoms with E-state index in [1.807, 2.05) is 24.0 Å². The number of aliphatic hydroxyl groups is 1. The van der Waals surface area contributed by atoms with Gasteiger partial charge in [-0.05, 0) is 13.0 Å². The van der Waals surface area contributed by atoms with Gasteiger partial charge < -0.3 is 10.8 Å². The van der Waals surface area contributed by atoms with Crippen molar-refractivity contribution in [2.75, 3.05) is 30.3 Å². The van der Waals surface area contributed by atoms with Gasteiger partial charge in [-0.2, -0.15) is 0 Å². The average Bonchev–Trinajstić information content (AvgIpc) is 2.32. The third-order valence-corrected chi connectivity index (χ3v) is 5.37. The number of rotatable bonds is 3. The van der Waals surface area contributed by atoms with Crippen molar-refractivity contribution in [3.63, 3.8) is 0 Å². The van der Waals surface area contributed by atoms with Gasteiger partial charge in [-0.15, -0.1) is 0 Å². The zero-order valence-electron chi connectivity index (χ0n) is 11.0. The molecule has 3 N–H and O–H groups in total. The number of hydrogen-bond acceptors (Lipinski definition) is 5. The summed E-state index contributed by atoms with van der Waals surface area (Å²) < 4.78 is 23.0. The molecule has 1 saturated heterocycles. The number of nitrogens with two attached hydrogens (primary N) is 1. The maximum Gasteiger partial charge on any atom is 0.153 e. The molecule has 0 aliphatic carbocycles. The van der Waals surface area contributed by atoms with E-state index in [1.165, 1.54) is 0 Å². The summed E-state index contributed by atoms with van der Waals surface area (Å²) in [6.45, 7) is 2.75. The number of nitrogen functional groups attached to an aromatic ring is 1. The molecule has 19 heavy (non-hydrogen) atoms. The Morgan fingerprint density at radius 1 is 1.47 bits per heavy atom. The predicted octanol–water partition coefficient (Wildman–Crippen LogP) is 0.421. The molecule has 0 saturated carbocycles. The lowest BCUT2D eigenvalue weighted by Crippen LogP contribution is -2.48. The van der Waals surface area contributed by atoms with Crippen molar-refractivity contribution in [3.05, 3.63) is 29.8 Å². The van der Waals surface area contributed by atoms with E-state index in [-0.39, 0.29) is 17.5 Å². The monoisotopic (exact) mass is 284 g/mol. The maximum absolute atomic E-state index is 11.5. The molecule has 0 amide bonds. The minimum Gasteiger partial charge on any atom is -0.398 e. The smallest absolute Gasteiger partial charge is 0.153 e. The Labute approximate surface area is 113 Å². The zero-order valence-corrected chi connectivity index (χ0v) is 11.8. The Hall–Kier alpha value is -1.11. The first-order chi connectivity index (χ1) is 8.89. The third-order valence-electron chi connectivity index (χ3n) is 3.57. The molecule has 1 aliphatic rings. The quantitative estimate of drug-likeness (QED) is 0.786. The van der Waals surface area contributed by atoms with E-state index in [1.54, 1.807) is 12.1 Å². The van der Waals surface area contributed by atoms with Crippen LogP contribution in [0, 0.1) is 0 Å². The number of anilines is 1. The summed E-state index contributed by atoms with van der Waals surface area (Å²) in [6, 6.07) is 7.13. The number of β-amino-alcohol motifs (C(OH)–C–C–N with tert-alkyl or cyclic N) is 1. The van der Waals surface area contributed by atoms with E-state index in [9.17, 15) is 13.5 Å². The summed E-state index contributed by atoms with van der Waals surface area (Å²) in [5, 5.41) is 10.2.